The van der Waals surface area contributed by atoms with Crippen LogP contribution in [0.15, 0.2) is 54.6 Å². The topological polar surface area (TPSA) is 29.3 Å². The quantitative estimate of drug-likeness (QED) is 0.874. The molecule has 0 aliphatic heterocycles. The van der Waals surface area contributed by atoms with Gasteiger partial charge in [-0.1, -0.05) is 42.5 Å². The van der Waals surface area contributed by atoms with E-state index in [0.29, 0.717) is 0 Å². The molecule has 2 aromatic carbocycles. The number of benzene rings is 2. The van der Waals surface area contributed by atoms with Gasteiger partial charge < -0.3 is 10.6 Å². The van der Waals surface area contributed by atoms with Crippen molar-refractivity contribution in [1.29, 1.82) is 0 Å². The molecular weight excluding hydrogens is 251 g/mol. The second kappa shape index (κ2) is 7.17. The minimum atomic E-state index is -0.183. The van der Waals surface area contributed by atoms with E-state index in [-0.39, 0.29) is 11.9 Å². The predicted octanol–water partition coefficient (Wildman–Crippen LogP) is 3.35. The van der Waals surface area contributed by atoms with E-state index in [0.717, 1.165) is 30.6 Å². The minimum absolute atomic E-state index is 0.0474. The van der Waals surface area contributed by atoms with Gasteiger partial charge in [0, 0.05) is 12.6 Å². The van der Waals surface area contributed by atoms with E-state index in [2.05, 4.69) is 17.0 Å². The van der Waals surface area contributed by atoms with Crippen molar-refractivity contribution in [3.05, 3.63) is 71.5 Å². The molecule has 0 aliphatic carbocycles. The van der Waals surface area contributed by atoms with Gasteiger partial charge in [-0.05, 0) is 43.3 Å². The highest BCUT2D eigenvalue weighted by Gasteiger charge is 2.07. The predicted molar refractivity (Wildman–Crippen MR) is 80.7 cm³/mol. The van der Waals surface area contributed by atoms with Gasteiger partial charge in [0.1, 0.15) is 5.82 Å². The molecule has 3 heteroatoms. The third-order valence-electron chi connectivity index (χ3n) is 3.39. The summed E-state index contributed by atoms with van der Waals surface area (Å²) in [6.45, 7) is 1.62. The van der Waals surface area contributed by atoms with E-state index >= 15 is 0 Å². The molecule has 2 rings (SSSR count). The van der Waals surface area contributed by atoms with E-state index in [1.54, 1.807) is 12.1 Å². The van der Waals surface area contributed by atoms with Crippen molar-refractivity contribution in [3.63, 3.8) is 0 Å². The molecule has 0 saturated heterocycles. The Labute approximate surface area is 120 Å². The van der Waals surface area contributed by atoms with Crippen molar-refractivity contribution in [1.82, 2.24) is 4.90 Å². The summed E-state index contributed by atoms with van der Waals surface area (Å²) in [5, 5.41) is 0. The van der Waals surface area contributed by atoms with Gasteiger partial charge in [-0.15, -0.1) is 0 Å². The van der Waals surface area contributed by atoms with E-state index in [1.165, 1.54) is 6.07 Å². The lowest BCUT2D eigenvalue weighted by atomic mass is 10.0. The molecule has 2 N–H and O–H groups in total. The van der Waals surface area contributed by atoms with Gasteiger partial charge in [0.2, 0.25) is 0 Å². The molecule has 1 atom stereocenters. The third kappa shape index (κ3) is 4.44. The lowest BCUT2D eigenvalue weighted by Gasteiger charge is -2.19. The molecule has 2 aromatic rings. The normalized spacial score (nSPS) is 12.6. The standard InChI is InChI=1S/C17H21FN2/c1-20(13-14-6-5-9-16(18)12-14)11-10-17(19)15-7-3-2-4-8-15/h2-9,12,17H,10-11,13,19H2,1H3. The number of nitrogens with zero attached hydrogens (tertiary/aromatic N) is 1. The Balaban J connectivity index is 1.82. The summed E-state index contributed by atoms with van der Waals surface area (Å²) in [5.74, 6) is -0.183. The minimum Gasteiger partial charge on any atom is -0.324 e. The first kappa shape index (κ1) is 14.7. The molecule has 0 bridgehead atoms. The largest absolute Gasteiger partial charge is 0.324 e. The molecule has 20 heavy (non-hydrogen) atoms. The summed E-state index contributed by atoms with van der Waals surface area (Å²) < 4.78 is 13.1. The zero-order valence-corrected chi connectivity index (χ0v) is 11.8. The highest BCUT2D eigenvalue weighted by atomic mass is 19.1. The van der Waals surface area contributed by atoms with Gasteiger partial charge in [-0.3, -0.25) is 0 Å². The van der Waals surface area contributed by atoms with Crippen LogP contribution in [0.5, 0.6) is 0 Å². The Morgan fingerprint density at radius 1 is 1.10 bits per heavy atom. The number of rotatable bonds is 6. The first-order chi connectivity index (χ1) is 9.65. The second-order valence-corrected chi connectivity index (χ2v) is 5.17. The molecule has 2 nitrogen and oxygen atoms in total. The van der Waals surface area contributed by atoms with Crippen LogP contribution in [-0.2, 0) is 6.54 Å². The highest BCUT2D eigenvalue weighted by molar-refractivity contribution is 5.18. The fraction of sp³-hybridized carbons (Fsp3) is 0.294. The van der Waals surface area contributed by atoms with Crippen molar-refractivity contribution in [3.8, 4) is 0 Å². The van der Waals surface area contributed by atoms with Crippen molar-refractivity contribution in [2.24, 2.45) is 5.73 Å². The third-order valence-corrected chi connectivity index (χ3v) is 3.39. The summed E-state index contributed by atoms with van der Waals surface area (Å²) in [6, 6.07) is 16.9. The van der Waals surface area contributed by atoms with Gasteiger partial charge in [-0.2, -0.15) is 0 Å². The van der Waals surface area contributed by atoms with Crippen LogP contribution in [0.2, 0.25) is 0 Å². The van der Waals surface area contributed by atoms with Crippen LogP contribution in [0.1, 0.15) is 23.6 Å². The molecule has 0 aromatic heterocycles. The molecule has 0 fully saturated rings. The van der Waals surface area contributed by atoms with Crippen LogP contribution >= 0.6 is 0 Å². The van der Waals surface area contributed by atoms with Gasteiger partial charge in [0.25, 0.3) is 0 Å². The maximum absolute atomic E-state index is 13.1. The van der Waals surface area contributed by atoms with E-state index in [1.807, 2.05) is 31.3 Å². The molecule has 0 amide bonds. The SMILES string of the molecule is CN(CCC(N)c1ccccc1)Cc1cccc(F)c1. The molecule has 0 heterocycles. The number of halogens is 1. The summed E-state index contributed by atoms with van der Waals surface area (Å²) in [7, 11) is 2.03. The average Bonchev–Trinajstić information content (AvgIpc) is 2.46. The summed E-state index contributed by atoms with van der Waals surface area (Å²) in [5.41, 5.74) is 8.32. The van der Waals surface area contributed by atoms with Crippen LogP contribution in [0, 0.1) is 5.82 Å². The van der Waals surface area contributed by atoms with Gasteiger partial charge in [0.15, 0.2) is 0 Å². The maximum Gasteiger partial charge on any atom is 0.123 e. The van der Waals surface area contributed by atoms with Crippen LogP contribution < -0.4 is 5.73 Å². The lowest BCUT2D eigenvalue weighted by Crippen LogP contribution is -2.23. The smallest absolute Gasteiger partial charge is 0.123 e. The van der Waals surface area contributed by atoms with Crippen molar-refractivity contribution in [2.75, 3.05) is 13.6 Å². The van der Waals surface area contributed by atoms with Crippen molar-refractivity contribution < 1.29 is 4.39 Å². The van der Waals surface area contributed by atoms with Crippen molar-refractivity contribution >= 4 is 0 Å². The summed E-state index contributed by atoms with van der Waals surface area (Å²) >= 11 is 0. The van der Waals surface area contributed by atoms with Crippen LogP contribution in [0.25, 0.3) is 0 Å². The van der Waals surface area contributed by atoms with E-state index in [9.17, 15) is 4.39 Å². The Hall–Kier alpha value is -1.71. The summed E-state index contributed by atoms with van der Waals surface area (Å²) in [6.07, 6.45) is 0.885. The van der Waals surface area contributed by atoms with Crippen molar-refractivity contribution in [2.45, 2.75) is 19.0 Å². The first-order valence-electron chi connectivity index (χ1n) is 6.88. The van der Waals surface area contributed by atoms with Crippen LogP contribution in [-0.4, -0.2) is 18.5 Å². The Kier molecular flexibility index (Phi) is 5.27. The van der Waals surface area contributed by atoms with Gasteiger partial charge >= 0.3 is 0 Å². The second-order valence-electron chi connectivity index (χ2n) is 5.17. The monoisotopic (exact) mass is 272 g/mol. The Morgan fingerprint density at radius 3 is 2.55 bits per heavy atom. The molecule has 0 saturated carbocycles. The molecule has 106 valence electrons. The van der Waals surface area contributed by atoms with Gasteiger partial charge in [-0.25, -0.2) is 4.39 Å². The molecular formula is C17H21FN2. The molecule has 0 aliphatic rings. The molecule has 0 spiro atoms. The Bertz CT molecular complexity index is 528. The van der Waals surface area contributed by atoms with Crippen LogP contribution in [0.3, 0.4) is 0 Å². The molecule has 0 radical (unpaired) electrons. The molecule has 1 unspecified atom stereocenters. The van der Waals surface area contributed by atoms with Gasteiger partial charge in [0.05, 0.1) is 0 Å². The lowest BCUT2D eigenvalue weighted by molar-refractivity contribution is 0.311. The fourth-order valence-electron chi connectivity index (χ4n) is 2.25. The maximum atomic E-state index is 13.1. The van der Waals surface area contributed by atoms with Crippen LogP contribution in [0.4, 0.5) is 4.39 Å². The number of hydrogen-bond acceptors (Lipinski definition) is 2. The van der Waals surface area contributed by atoms with E-state index < -0.39 is 0 Å². The van der Waals surface area contributed by atoms with E-state index in [4.69, 9.17) is 5.73 Å². The highest BCUT2D eigenvalue weighted by Crippen LogP contribution is 2.14. The Morgan fingerprint density at radius 2 is 1.85 bits per heavy atom. The first-order valence-corrected chi connectivity index (χ1v) is 6.88. The fourth-order valence-corrected chi connectivity index (χ4v) is 2.25. The number of hydrogen-bond donors (Lipinski definition) is 1. The summed E-state index contributed by atoms with van der Waals surface area (Å²) in [4.78, 5) is 2.16. The average molecular weight is 272 g/mol. The zero-order chi connectivity index (χ0) is 14.4. The number of nitrogens with two attached hydrogens (primary N) is 1. The zero-order valence-electron chi connectivity index (χ0n) is 11.8.